The second-order valence-corrected chi connectivity index (χ2v) is 2.99. The fraction of sp³-hybridized carbons (Fsp3) is 0.667. The quantitative estimate of drug-likeness (QED) is 0.544. The highest BCUT2D eigenvalue weighted by molar-refractivity contribution is 5.89. The van der Waals surface area contributed by atoms with Crippen LogP contribution in [0.15, 0.2) is 0 Å². The van der Waals surface area contributed by atoms with Gasteiger partial charge in [-0.05, 0) is 20.8 Å². The molecule has 3 N–H and O–H groups in total. The summed E-state index contributed by atoms with van der Waals surface area (Å²) in [6, 6.07) is -0.917. The highest BCUT2D eigenvalue weighted by atomic mass is 16.6. The summed E-state index contributed by atoms with van der Waals surface area (Å²) in [5, 5.41) is 1.78. The van der Waals surface area contributed by atoms with Crippen LogP contribution in [0.1, 0.15) is 20.8 Å². The lowest BCUT2D eigenvalue weighted by molar-refractivity contribution is 0.0550. The minimum atomic E-state index is -0.917. The smallest absolute Gasteiger partial charge is 0.415 e. The van der Waals surface area contributed by atoms with E-state index in [1.165, 1.54) is 0 Å². The van der Waals surface area contributed by atoms with Crippen molar-refractivity contribution in [3.63, 3.8) is 0 Å². The molecule has 5 nitrogen and oxygen atoms in total. The van der Waals surface area contributed by atoms with Crippen LogP contribution in [0.5, 0.6) is 0 Å². The molecule has 0 aliphatic carbocycles. The first-order valence-corrected chi connectivity index (χ1v) is 3.11. The summed E-state index contributed by atoms with van der Waals surface area (Å²) < 4.78 is 4.70. The monoisotopic (exact) mass is 160 g/mol. The first-order chi connectivity index (χ1) is 4.81. The summed E-state index contributed by atoms with van der Waals surface area (Å²) in [5.41, 5.74) is 4.05. The van der Waals surface area contributed by atoms with Crippen molar-refractivity contribution >= 4 is 12.1 Å². The van der Waals surface area contributed by atoms with Crippen LogP contribution in [-0.2, 0) is 4.74 Å². The van der Waals surface area contributed by atoms with E-state index in [4.69, 9.17) is 4.74 Å². The minimum Gasteiger partial charge on any atom is -0.443 e. The van der Waals surface area contributed by atoms with E-state index in [0.29, 0.717) is 0 Å². The third kappa shape index (κ3) is 6.63. The number of nitrogens with two attached hydrogens (primary N) is 1. The van der Waals surface area contributed by atoms with Crippen molar-refractivity contribution < 1.29 is 14.3 Å². The molecule has 0 heterocycles. The van der Waals surface area contributed by atoms with E-state index in [-0.39, 0.29) is 0 Å². The summed E-state index contributed by atoms with van der Waals surface area (Å²) in [6.45, 7) is 5.06. The van der Waals surface area contributed by atoms with E-state index in [1.807, 2.05) is 0 Å². The Labute approximate surface area is 64.9 Å². The number of alkyl carbamates (subject to hydrolysis) is 1. The van der Waals surface area contributed by atoms with Crippen LogP contribution in [0.25, 0.3) is 0 Å². The molecule has 0 bridgehead atoms. The molecule has 0 saturated carbocycles. The van der Waals surface area contributed by atoms with Crippen molar-refractivity contribution in [3.05, 3.63) is 0 Å². The SMILES string of the molecule is CC(C)(C)OC(=O)NC(N)=O. The van der Waals surface area contributed by atoms with Gasteiger partial charge in [0.05, 0.1) is 0 Å². The molecular weight excluding hydrogens is 148 g/mol. The molecule has 11 heavy (non-hydrogen) atoms. The topological polar surface area (TPSA) is 81.4 Å². The van der Waals surface area contributed by atoms with E-state index >= 15 is 0 Å². The predicted molar refractivity (Wildman–Crippen MR) is 39.0 cm³/mol. The summed E-state index contributed by atoms with van der Waals surface area (Å²) in [5.74, 6) is 0. The summed E-state index contributed by atoms with van der Waals surface area (Å²) in [4.78, 5) is 20.7. The molecule has 0 radical (unpaired) electrons. The Kier molecular flexibility index (Phi) is 2.86. The van der Waals surface area contributed by atoms with Gasteiger partial charge in [-0.2, -0.15) is 0 Å². The van der Waals surface area contributed by atoms with Gasteiger partial charge in [0, 0.05) is 0 Å². The number of carbonyl (C=O) groups is 2. The van der Waals surface area contributed by atoms with Crippen molar-refractivity contribution in [1.29, 1.82) is 0 Å². The lowest BCUT2D eigenvalue weighted by Crippen LogP contribution is -2.39. The Morgan fingerprint density at radius 1 is 1.36 bits per heavy atom. The fourth-order valence-electron chi connectivity index (χ4n) is 0.404. The third-order valence-corrected chi connectivity index (χ3v) is 0.624. The maximum absolute atomic E-state index is 10.6. The largest absolute Gasteiger partial charge is 0.443 e. The van der Waals surface area contributed by atoms with Gasteiger partial charge in [-0.15, -0.1) is 0 Å². The molecule has 0 rings (SSSR count). The number of urea groups is 1. The van der Waals surface area contributed by atoms with E-state index in [9.17, 15) is 9.59 Å². The molecule has 64 valence electrons. The normalized spacial score (nSPS) is 10.5. The van der Waals surface area contributed by atoms with Crippen LogP contribution in [0.3, 0.4) is 0 Å². The van der Waals surface area contributed by atoms with Crippen molar-refractivity contribution in [3.8, 4) is 0 Å². The highest BCUT2D eigenvalue weighted by Gasteiger charge is 2.16. The van der Waals surface area contributed by atoms with Crippen molar-refractivity contribution in [2.75, 3.05) is 0 Å². The number of rotatable bonds is 0. The molecular formula is C6H12N2O3. The van der Waals surface area contributed by atoms with E-state index in [2.05, 4.69) is 5.73 Å². The molecule has 0 aliphatic rings. The lowest BCUT2D eigenvalue weighted by Gasteiger charge is -2.18. The maximum Gasteiger partial charge on any atom is 0.415 e. The Balaban J connectivity index is 3.80. The molecule has 0 aromatic rings. The third-order valence-electron chi connectivity index (χ3n) is 0.624. The number of imide groups is 1. The highest BCUT2D eigenvalue weighted by Crippen LogP contribution is 2.05. The Morgan fingerprint density at radius 3 is 2.09 bits per heavy atom. The molecule has 0 atom stereocenters. The summed E-state index contributed by atoms with van der Waals surface area (Å²) in [6.07, 6.45) is -0.829. The molecule has 3 amide bonds. The van der Waals surface area contributed by atoms with Gasteiger partial charge < -0.3 is 10.5 Å². The second kappa shape index (κ2) is 3.23. The zero-order chi connectivity index (χ0) is 9.07. The van der Waals surface area contributed by atoms with Crippen LogP contribution >= 0.6 is 0 Å². The van der Waals surface area contributed by atoms with Gasteiger partial charge in [0.2, 0.25) is 0 Å². The van der Waals surface area contributed by atoms with Crippen molar-refractivity contribution in [2.24, 2.45) is 5.73 Å². The molecule has 5 heteroatoms. The van der Waals surface area contributed by atoms with Gasteiger partial charge in [0.25, 0.3) is 0 Å². The molecule has 0 unspecified atom stereocenters. The molecule has 0 fully saturated rings. The summed E-state index contributed by atoms with van der Waals surface area (Å²) in [7, 11) is 0. The number of amides is 3. The van der Waals surface area contributed by atoms with Gasteiger partial charge in [0.1, 0.15) is 5.60 Å². The fourth-order valence-corrected chi connectivity index (χ4v) is 0.404. The van der Waals surface area contributed by atoms with Gasteiger partial charge in [-0.3, -0.25) is 0 Å². The van der Waals surface area contributed by atoms with Crippen LogP contribution in [0.2, 0.25) is 0 Å². The molecule has 0 saturated heterocycles. The van der Waals surface area contributed by atoms with Crippen LogP contribution in [-0.4, -0.2) is 17.7 Å². The number of carbonyl (C=O) groups excluding carboxylic acids is 2. The first kappa shape index (κ1) is 9.74. The van der Waals surface area contributed by atoms with Gasteiger partial charge in [0.15, 0.2) is 0 Å². The second-order valence-electron chi connectivity index (χ2n) is 2.99. The lowest BCUT2D eigenvalue weighted by atomic mass is 10.2. The van der Waals surface area contributed by atoms with Gasteiger partial charge >= 0.3 is 12.1 Å². The van der Waals surface area contributed by atoms with Crippen molar-refractivity contribution in [2.45, 2.75) is 26.4 Å². The average molecular weight is 160 g/mol. The number of nitrogens with one attached hydrogen (secondary N) is 1. The van der Waals surface area contributed by atoms with E-state index in [0.717, 1.165) is 0 Å². The minimum absolute atomic E-state index is 0.612. The predicted octanol–water partition coefficient (Wildman–Crippen LogP) is 0.590. The van der Waals surface area contributed by atoms with E-state index in [1.54, 1.807) is 26.1 Å². The van der Waals surface area contributed by atoms with Gasteiger partial charge in [-0.25, -0.2) is 14.9 Å². The molecule has 0 aromatic carbocycles. The molecule has 0 spiro atoms. The first-order valence-electron chi connectivity index (χ1n) is 3.11. The zero-order valence-electron chi connectivity index (χ0n) is 6.80. The number of hydrogen-bond acceptors (Lipinski definition) is 3. The Morgan fingerprint density at radius 2 is 1.82 bits per heavy atom. The van der Waals surface area contributed by atoms with Gasteiger partial charge in [-0.1, -0.05) is 0 Å². The Hall–Kier alpha value is -1.26. The molecule has 0 aromatic heterocycles. The summed E-state index contributed by atoms with van der Waals surface area (Å²) >= 11 is 0. The van der Waals surface area contributed by atoms with Crippen LogP contribution < -0.4 is 11.1 Å². The maximum atomic E-state index is 10.6. The number of ether oxygens (including phenoxy) is 1. The standard InChI is InChI=1S/C6H12N2O3/c1-6(2,3)11-5(10)8-4(7)9/h1-3H3,(H3,7,8,9,10). The van der Waals surface area contributed by atoms with Crippen molar-refractivity contribution in [1.82, 2.24) is 5.32 Å². The average Bonchev–Trinajstić information content (AvgIpc) is 1.53. The zero-order valence-corrected chi connectivity index (χ0v) is 6.80. The van der Waals surface area contributed by atoms with E-state index < -0.39 is 17.7 Å². The van der Waals surface area contributed by atoms with Crippen LogP contribution in [0, 0.1) is 0 Å². The Bertz CT molecular complexity index is 171. The molecule has 0 aliphatic heterocycles. The number of hydrogen-bond donors (Lipinski definition) is 2. The number of primary amides is 1. The van der Waals surface area contributed by atoms with Crippen LogP contribution in [0.4, 0.5) is 9.59 Å².